The van der Waals surface area contributed by atoms with Gasteiger partial charge in [-0.25, -0.2) is 0 Å². The summed E-state index contributed by atoms with van der Waals surface area (Å²) in [6.07, 6.45) is 0. The summed E-state index contributed by atoms with van der Waals surface area (Å²) in [6, 6.07) is 3.58. The van der Waals surface area contributed by atoms with Gasteiger partial charge in [0.05, 0.1) is 34.0 Å². The maximum absolute atomic E-state index is 9.85. The van der Waals surface area contributed by atoms with Gasteiger partial charge in [0, 0.05) is 37.8 Å². The third kappa shape index (κ3) is 3.95. The number of aliphatic hydroxyl groups is 1. The summed E-state index contributed by atoms with van der Waals surface area (Å²) in [5.41, 5.74) is 0.916. The van der Waals surface area contributed by atoms with Gasteiger partial charge in [0.1, 0.15) is 5.75 Å². The Morgan fingerprint density at radius 2 is 1.59 bits per heavy atom. The molecule has 7 heteroatoms. The van der Waals surface area contributed by atoms with Crippen molar-refractivity contribution in [1.29, 1.82) is 0 Å². The number of hydrogen-bond acceptors (Lipinski definition) is 6. The lowest BCUT2D eigenvalue weighted by molar-refractivity contribution is 0.108. The van der Waals surface area contributed by atoms with E-state index in [2.05, 4.69) is 10.2 Å². The molecule has 1 aromatic rings. The normalized spacial score (nSPS) is 16.5. The highest BCUT2D eigenvalue weighted by Gasteiger charge is 2.26. The third-order valence-electron chi connectivity index (χ3n) is 3.86. The molecule has 1 aliphatic rings. The minimum Gasteiger partial charge on any atom is -0.496 e. The summed E-state index contributed by atoms with van der Waals surface area (Å²) < 4.78 is 16.1. The molecule has 1 heterocycles. The molecule has 126 valence electrons. The van der Waals surface area contributed by atoms with Gasteiger partial charge in [-0.1, -0.05) is 0 Å². The Kier molecular flexibility index (Phi) is 7.75. The van der Waals surface area contributed by atoms with Gasteiger partial charge >= 0.3 is 0 Å². The van der Waals surface area contributed by atoms with Crippen molar-refractivity contribution in [2.45, 2.75) is 6.04 Å². The molecule has 6 nitrogen and oxygen atoms in total. The lowest BCUT2D eigenvalue weighted by Gasteiger charge is -2.34. The van der Waals surface area contributed by atoms with Crippen molar-refractivity contribution in [2.75, 3.05) is 54.1 Å². The van der Waals surface area contributed by atoms with E-state index < -0.39 is 0 Å². The van der Waals surface area contributed by atoms with Crippen molar-refractivity contribution in [1.82, 2.24) is 10.2 Å². The summed E-state index contributed by atoms with van der Waals surface area (Å²) >= 11 is 0. The van der Waals surface area contributed by atoms with Crippen LogP contribution in [0.3, 0.4) is 0 Å². The average molecular weight is 333 g/mol. The predicted molar refractivity (Wildman–Crippen MR) is 87.6 cm³/mol. The number of halogens is 1. The Hall–Kier alpha value is -1.21. The summed E-state index contributed by atoms with van der Waals surface area (Å²) in [6.45, 7) is 3.66. The largest absolute Gasteiger partial charge is 0.496 e. The number of methoxy groups -OCH3 is 3. The van der Waals surface area contributed by atoms with Gasteiger partial charge in [-0.05, 0) is 6.07 Å². The van der Waals surface area contributed by atoms with Crippen LogP contribution in [-0.4, -0.2) is 64.1 Å². The lowest BCUT2D eigenvalue weighted by atomic mass is 10.0. The zero-order chi connectivity index (χ0) is 15.2. The van der Waals surface area contributed by atoms with Crippen LogP contribution >= 0.6 is 12.4 Å². The monoisotopic (exact) mass is 332 g/mol. The minimum atomic E-state index is -0.109. The maximum atomic E-state index is 9.85. The highest BCUT2D eigenvalue weighted by Crippen LogP contribution is 2.39. The SMILES string of the molecule is COc1cc(OC)c([C@@H](CO)N2CCNCC2)cc1OC.Cl. The van der Waals surface area contributed by atoms with Crippen LogP contribution in [0, 0.1) is 0 Å². The molecule has 1 saturated heterocycles. The molecule has 0 unspecified atom stereocenters. The van der Waals surface area contributed by atoms with Crippen molar-refractivity contribution >= 4 is 12.4 Å². The minimum absolute atomic E-state index is 0. The van der Waals surface area contributed by atoms with Gasteiger partial charge in [-0.2, -0.15) is 0 Å². The molecule has 0 aromatic heterocycles. The smallest absolute Gasteiger partial charge is 0.164 e. The standard InChI is InChI=1S/C15H24N2O4.ClH/c1-19-13-9-15(21-3)14(20-2)8-11(13)12(10-18)17-6-4-16-5-7-17;/h8-9,12,16,18H,4-7,10H2,1-3H3;1H/t12-;/m1./s1. The summed E-state index contributed by atoms with van der Waals surface area (Å²) in [5.74, 6) is 1.96. The van der Waals surface area contributed by atoms with Crippen molar-refractivity contribution in [3.05, 3.63) is 17.7 Å². The molecular formula is C15H25ClN2O4. The van der Waals surface area contributed by atoms with E-state index in [4.69, 9.17) is 14.2 Å². The molecular weight excluding hydrogens is 308 g/mol. The van der Waals surface area contributed by atoms with Crippen molar-refractivity contribution in [3.8, 4) is 17.2 Å². The Balaban J connectivity index is 0.00000242. The van der Waals surface area contributed by atoms with Gasteiger partial charge in [0.25, 0.3) is 0 Å². The van der Waals surface area contributed by atoms with E-state index in [1.54, 1.807) is 27.4 Å². The molecule has 0 bridgehead atoms. The summed E-state index contributed by atoms with van der Waals surface area (Å²) in [5, 5.41) is 13.2. The third-order valence-corrected chi connectivity index (χ3v) is 3.86. The first-order valence-corrected chi connectivity index (χ1v) is 7.10. The average Bonchev–Trinajstić information content (AvgIpc) is 2.56. The van der Waals surface area contributed by atoms with Crippen LogP contribution in [0.2, 0.25) is 0 Å². The molecule has 0 radical (unpaired) electrons. The second kappa shape index (κ2) is 9.05. The molecule has 22 heavy (non-hydrogen) atoms. The molecule has 0 saturated carbocycles. The zero-order valence-electron chi connectivity index (χ0n) is 13.3. The number of ether oxygens (including phenoxy) is 3. The van der Waals surface area contributed by atoms with E-state index in [1.165, 1.54) is 0 Å². The highest BCUT2D eigenvalue weighted by atomic mass is 35.5. The fraction of sp³-hybridized carbons (Fsp3) is 0.600. The fourth-order valence-electron chi connectivity index (χ4n) is 2.72. The van der Waals surface area contributed by atoms with Gasteiger partial charge in [0.15, 0.2) is 11.5 Å². The summed E-state index contributed by atoms with van der Waals surface area (Å²) in [7, 11) is 4.82. The topological polar surface area (TPSA) is 63.2 Å². The second-order valence-corrected chi connectivity index (χ2v) is 4.93. The van der Waals surface area contributed by atoms with E-state index in [0.717, 1.165) is 31.7 Å². The lowest BCUT2D eigenvalue weighted by Crippen LogP contribution is -2.46. The number of nitrogens with one attached hydrogen (secondary N) is 1. The molecule has 1 aromatic carbocycles. The van der Waals surface area contributed by atoms with E-state index in [9.17, 15) is 5.11 Å². The van der Waals surface area contributed by atoms with Crippen molar-refractivity contribution in [3.63, 3.8) is 0 Å². The second-order valence-electron chi connectivity index (χ2n) is 4.93. The van der Waals surface area contributed by atoms with E-state index in [0.29, 0.717) is 17.2 Å². The first kappa shape index (κ1) is 18.8. The van der Waals surface area contributed by atoms with Crippen molar-refractivity contribution < 1.29 is 19.3 Å². The maximum Gasteiger partial charge on any atom is 0.164 e. The number of benzene rings is 1. The predicted octanol–water partition coefficient (Wildman–Crippen LogP) is 1.07. The summed E-state index contributed by atoms with van der Waals surface area (Å²) in [4.78, 5) is 2.25. The highest BCUT2D eigenvalue weighted by molar-refractivity contribution is 5.85. The Labute approximate surface area is 137 Å². The number of nitrogens with zero attached hydrogens (tertiary/aromatic N) is 1. The molecule has 1 atom stereocenters. The first-order valence-electron chi connectivity index (χ1n) is 7.10. The Morgan fingerprint density at radius 1 is 1.05 bits per heavy atom. The quantitative estimate of drug-likeness (QED) is 0.812. The van der Waals surface area contributed by atoms with Crippen LogP contribution in [0.1, 0.15) is 11.6 Å². The van der Waals surface area contributed by atoms with Crippen LogP contribution in [-0.2, 0) is 0 Å². The number of piperazine rings is 1. The van der Waals surface area contributed by atoms with Gasteiger partial charge in [-0.15, -0.1) is 12.4 Å². The van der Waals surface area contributed by atoms with Gasteiger partial charge in [-0.3, -0.25) is 4.90 Å². The zero-order valence-corrected chi connectivity index (χ0v) is 14.1. The molecule has 2 rings (SSSR count). The van der Waals surface area contributed by atoms with Crippen LogP contribution in [0.5, 0.6) is 17.2 Å². The van der Waals surface area contributed by atoms with E-state index in [1.807, 2.05) is 6.07 Å². The molecule has 0 spiro atoms. The Bertz CT molecular complexity index is 467. The number of rotatable bonds is 6. The van der Waals surface area contributed by atoms with Crippen LogP contribution < -0.4 is 19.5 Å². The van der Waals surface area contributed by atoms with Crippen LogP contribution in [0.15, 0.2) is 12.1 Å². The van der Waals surface area contributed by atoms with Crippen molar-refractivity contribution in [2.24, 2.45) is 0 Å². The Morgan fingerprint density at radius 3 is 2.09 bits per heavy atom. The van der Waals surface area contributed by atoms with E-state index in [-0.39, 0.29) is 25.1 Å². The molecule has 1 aliphatic heterocycles. The first-order chi connectivity index (χ1) is 10.2. The van der Waals surface area contributed by atoms with Gasteiger partial charge in [0.2, 0.25) is 0 Å². The number of hydrogen-bond donors (Lipinski definition) is 2. The molecule has 0 aliphatic carbocycles. The van der Waals surface area contributed by atoms with Gasteiger partial charge < -0.3 is 24.6 Å². The molecule has 2 N–H and O–H groups in total. The van der Waals surface area contributed by atoms with E-state index >= 15 is 0 Å². The van der Waals surface area contributed by atoms with Crippen LogP contribution in [0.4, 0.5) is 0 Å². The number of aliphatic hydroxyl groups excluding tert-OH is 1. The van der Waals surface area contributed by atoms with Crippen LogP contribution in [0.25, 0.3) is 0 Å². The molecule has 1 fully saturated rings. The molecule has 0 amide bonds. The fourth-order valence-corrected chi connectivity index (χ4v) is 2.72.